The Morgan fingerprint density at radius 2 is 1.75 bits per heavy atom. The number of hydrogen-bond acceptors (Lipinski definition) is 6. The van der Waals surface area contributed by atoms with Crippen LogP contribution in [0, 0.1) is 0 Å². The van der Waals surface area contributed by atoms with E-state index in [1.165, 1.54) is 33.3 Å². The molecule has 1 aromatic rings. The molecule has 11 heteroatoms. The minimum absolute atomic E-state index is 0.0703. The van der Waals surface area contributed by atoms with Gasteiger partial charge in [-0.3, -0.25) is 4.31 Å². The van der Waals surface area contributed by atoms with Crippen LogP contribution in [0.1, 0.15) is 10.4 Å². The number of anilines is 1. The predicted molar refractivity (Wildman–Crippen MR) is 90.6 cm³/mol. The summed E-state index contributed by atoms with van der Waals surface area (Å²) < 4.78 is 56.4. The number of nitrogens with zero attached hydrogens (tertiary/aromatic N) is 2. The van der Waals surface area contributed by atoms with E-state index in [1.807, 2.05) is 0 Å². The third kappa shape index (κ3) is 5.16. The quantitative estimate of drug-likeness (QED) is 0.617. The van der Waals surface area contributed by atoms with Crippen LogP contribution in [-0.4, -0.2) is 67.7 Å². The summed E-state index contributed by atoms with van der Waals surface area (Å²) in [4.78, 5) is 11.8. The molecule has 0 aliphatic rings. The highest BCUT2D eigenvalue weighted by Gasteiger charge is 2.24. The topological polar surface area (TPSA) is 113 Å². The van der Waals surface area contributed by atoms with Crippen molar-refractivity contribution < 1.29 is 26.4 Å². The first-order valence-corrected chi connectivity index (χ1v) is 10.1. The summed E-state index contributed by atoms with van der Waals surface area (Å²) in [7, 11) is -3.54. The maximum absolute atomic E-state index is 12.1. The normalized spacial score (nSPS) is 12.2. The number of esters is 1. The Morgan fingerprint density at radius 3 is 2.25 bits per heavy atom. The zero-order valence-electron chi connectivity index (χ0n) is 13.9. The van der Waals surface area contributed by atoms with Crippen LogP contribution in [-0.2, 0) is 25.0 Å². The zero-order valence-corrected chi connectivity index (χ0v) is 15.5. The highest BCUT2D eigenvalue weighted by molar-refractivity contribution is 7.92. The van der Waals surface area contributed by atoms with Gasteiger partial charge in [0.1, 0.15) is 0 Å². The van der Waals surface area contributed by atoms with Crippen molar-refractivity contribution in [2.45, 2.75) is 0 Å². The van der Waals surface area contributed by atoms with Gasteiger partial charge in [-0.05, 0) is 12.1 Å². The molecule has 24 heavy (non-hydrogen) atoms. The van der Waals surface area contributed by atoms with E-state index < -0.39 is 26.2 Å². The van der Waals surface area contributed by atoms with Crippen LogP contribution < -0.4 is 9.03 Å². The monoisotopic (exact) mass is 379 g/mol. The standard InChI is InChI=1S/C13H21N3O6S2/c1-15(2)24(20,21)14-9-10-16(23(4,18)19)12-8-6-5-7-11(12)13(17)22-3/h5-8,14H,9-10H2,1-4H3. The van der Waals surface area contributed by atoms with Crippen LogP contribution in [0.4, 0.5) is 5.69 Å². The molecule has 1 N–H and O–H groups in total. The minimum Gasteiger partial charge on any atom is -0.465 e. The lowest BCUT2D eigenvalue weighted by molar-refractivity contribution is 0.0601. The predicted octanol–water partition coefficient (Wildman–Crippen LogP) is -0.365. The lowest BCUT2D eigenvalue weighted by atomic mass is 10.2. The smallest absolute Gasteiger partial charge is 0.340 e. The van der Waals surface area contributed by atoms with Crippen LogP contribution in [0.3, 0.4) is 0 Å². The number of carbonyl (C=O) groups is 1. The molecule has 0 unspecified atom stereocenters. The van der Waals surface area contributed by atoms with Crippen molar-refractivity contribution in [3.63, 3.8) is 0 Å². The Labute approximate surface area is 142 Å². The number of para-hydroxylation sites is 1. The SMILES string of the molecule is COC(=O)c1ccccc1N(CCNS(=O)(=O)N(C)C)S(C)(=O)=O. The Balaban J connectivity index is 3.12. The van der Waals surface area contributed by atoms with E-state index in [0.29, 0.717) is 0 Å². The summed E-state index contributed by atoms with van der Waals surface area (Å²) in [5.74, 6) is -0.687. The first-order valence-electron chi connectivity index (χ1n) is 6.83. The number of benzene rings is 1. The van der Waals surface area contributed by atoms with Gasteiger partial charge in [0.05, 0.1) is 24.6 Å². The molecule has 0 amide bonds. The van der Waals surface area contributed by atoms with Crippen molar-refractivity contribution in [2.24, 2.45) is 0 Å². The van der Waals surface area contributed by atoms with Gasteiger partial charge in [-0.25, -0.2) is 17.9 Å². The van der Waals surface area contributed by atoms with E-state index >= 15 is 0 Å². The van der Waals surface area contributed by atoms with E-state index in [2.05, 4.69) is 9.46 Å². The fraction of sp³-hybridized carbons (Fsp3) is 0.462. The Morgan fingerprint density at radius 1 is 1.17 bits per heavy atom. The summed E-state index contributed by atoms with van der Waals surface area (Å²) in [5.41, 5.74) is 0.191. The molecule has 0 saturated carbocycles. The van der Waals surface area contributed by atoms with Crippen LogP contribution in [0.2, 0.25) is 0 Å². The Hall–Kier alpha value is -1.69. The average Bonchev–Trinajstić information content (AvgIpc) is 2.49. The van der Waals surface area contributed by atoms with Crippen molar-refractivity contribution in [2.75, 3.05) is 44.9 Å². The molecule has 0 atom stereocenters. The molecular formula is C13H21N3O6S2. The molecule has 0 aromatic heterocycles. The summed E-state index contributed by atoms with van der Waals surface area (Å²) in [6.07, 6.45) is 0.974. The second kappa shape index (κ2) is 7.92. The number of hydrogen-bond donors (Lipinski definition) is 1. The fourth-order valence-corrected chi connectivity index (χ4v) is 3.39. The second-order valence-electron chi connectivity index (χ2n) is 5.03. The van der Waals surface area contributed by atoms with Crippen LogP contribution in [0.15, 0.2) is 24.3 Å². The first kappa shape index (κ1) is 20.4. The summed E-state index contributed by atoms with van der Waals surface area (Å²) in [6.45, 7) is -0.344. The van der Waals surface area contributed by atoms with Gasteiger partial charge in [0, 0.05) is 27.2 Å². The lowest BCUT2D eigenvalue weighted by Crippen LogP contribution is -2.42. The number of carbonyl (C=O) groups excluding carboxylic acids is 1. The second-order valence-corrected chi connectivity index (χ2v) is 8.90. The van der Waals surface area contributed by atoms with Gasteiger partial charge in [-0.15, -0.1) is 0 Å². The molecule has 1 rings (SSSR count). The van der Waals surface area contributed by atoms with E-state index in [-0.39, 0.29) is 24.3 Å². The maximum Gasteiger partial charge on any atom is 0.340 e. The van der Waals surface area contributed by atoms with Crippen molar-refractivity contribution in [1.82, 2.24) is 9.03 Å². The molecular weight excluding hydrogens is 358 g/mol. The molecule has 136 valence electrons. The average molecular weight is 379 g/mol. The maximum atomic E-state index is 12.1. The van der Waals surface area contributed by atoms with Crippen LogP contribution in [0.5, 0.6) is 0 Å². The largest absolute Gasteiger partial charge is 0.465 e. The summed E-state index contributed by atoms with van der Waals surface area (Å²) >= 11 is 0. The van der Waals surface area contributed by atoms with Gasteiger partial charge >= 0.3 is 5.97 Å². The summed E-state index contributed by atoms with van der Waals surface area (Å²) in [6, 6.07) is 6.03. The van der Waals surface area contributed by atoms with E-state index in [0.717, 1.165) is 14.9 Å². The van der Waals surface area contributed by atoms with E-state index in [1.54, 1.807) is 12.1 Å². The molecule has 1 aromatic carbocycles. The molecule has 0 bridgehead atoms. The number of methoxy groups -OCH3 is 1. The third-order valence-electron chi connectivity index (χ3n) is 3.06. The van der Waals surface area contributed by atoms with Crippen molar-refractivity contribution >= 4 is 31.9 Å². The number of nitrogens with one attached hydrogen (secondary N) is 1. The van der Waals surface area contributed by atoms with E-state index in [9.17, 15) is 21.6 Å². The Bertz CT molecular complexity index is 790. The number of ether oxygens (including phenoxy) is 1. The van der Waals surface area contributed by atoms with E-state index in [4.69, 9.17) is 0 Å². The Kier molecular flexibility index (Phi) is 6.72. The molecule has 0 saturated heterocycles. The molecule has 0 radical (unpaired) electrons. The highest BCUT2D eigenvalue weighted by atomic mass is 32.2. The molecule has 0 spiro atoms. The number of sulfonamides is 1. The first-order chi connectivity index (χ1) is 11.0. The fourth-order valence-electron chi connectivity index (χ4n) is 1.84. The van der Waals surface area contributed by atoms with Crippen LogP contribution >= 0.6 is 0 Å². The van der Waals surface area contributed by atoms with Gasteiger partial charge < -0.3 is 4.74 Å². The third-order valence-corrected chi connectivity index (χ3v) is 5.77. The summed E-state index contributed by atoms with van der Waals surface area (Å²) in [5, 5.41) is 0. The molecule has 0 heterocycles. The van der Waals surface area contributed by atoms with Gasteiger partial charge in [0.15, 0.2) is 0 Å². The molecule has 0 aliphatic carbocycles. The zero-order chi connectivity index (χ0) is 18.5. The number of rotatable bonds is 8. The van der Waals surface area contributed by atoms with Gasteiger partial charge in [-0.1, -0.05) is 12.1 Å². The lowest BCUT2D eigenvalue weighted by Gasteiger charge is -2.24. The molecule has 0 aliphatic heterocycles. The van der Waals surface area contributed by atoms with Crippen LogP contribution in [0.25, 0.3) is 0 Å². The van der Waals surface area contributed by atoms with Gasteiger partial charge in [-0.2, -0.15) is 12.7 Å². The minimum atomic E-state index is -3.74. The highest BCUT2D eigenvalue weighted by Crippen LogP contribution is 2.23. The van der Waals surface area contributed by atoms with Gasteiger partial charge in [0.25, 0.3) is 10.2 Å². The van der Waals surface area contributed by atoms with Gasteiger partial charge in [0.2, 0.25) is 10.0 Å². The molecule has 0 fully saturated rings. The van der Waals surface area contributed by atoms with Crippen molar-refractivity contribution in [3.05, 3.63) is 29.8 Å². The van der Waals surface area contributed by atoms with Crippen molar-refractivity contribution in [1.29, 1.82) is 0 Å². The van der Waals surface area contributed by atoms with Crippen molar-refractivity contribution in [3.8, 4) is 0 Å². The molecule has 9 nitrogen and oxygen atoms in total.